The minimum absolute atomic E-state index is 0.0262. The van der Waals surface area contributed by atoms with Crippen molar-refractivity contribution in [1.29, 1.82) is 0 Å². The maximum atomic E-state index is 12.3. The van der Waals surface area contributed by atoms with E-state index in [9.17, 15) is 4.79 Å². The van der Waals surface area contributed by atoms with Crippen molar-refractivity contribution in [2.75, 3.05) is 6.54 Å². The minimum atomic E-state index is -0.0262. The summed E-state index contributed by atoms with van der Waals surface area (Å²) in [5, 5.41) is 5.07. The summed E-state index contributed by atoms with van der Waals surface area (Å²) in [5.41, 5.74) is 12.9. The van der Waals surface area contributed by atoms with Gasteiger partial charge in [0.25, 0.3) is 5.91 Å². The first-order valence-corrected chi connectivity index (χ1v) is 9.38. The lowest BCUT2D eigenvalue weighted by atomic mass is 9.78. The highest BCUT2D eigenvalue weighted by molar-refractivity contribution is 6.05. The number of hydrogen-bond donors (Lipinski definition) is 2. The number of amides is 1. The maximum Gasteiger partial charge on any atom is 0.265 e. The van der Waals surface area contributed by atoms with Crippen molar-refractivity contribution < 1.29 is 4.79 Å². The van der Waals surface area contributed by atoms with Crippen molar-refractivity contribution in [1.82, 2.24) is 10.9 Å². The van der Waals surface area contributed by atoms with Crippen LogP contribution in [0.2, 0.25) is 0 Å². The first-order chi connectivity index (χ1) is 13.3. The van der Waals surface area contributed by atoms with Crippen LogP contribution in [0.4, 0.5) is 0 Å². The summed E-state index contributed by atoms with van der Waals surface area (Å²) in [6.45, 7) is 0.721. The molecule has 0 radical (unpaired) electrons. The first-order valence-electron chi connectivity index (χ1n) is 9.38. The molecule has 0 saturated carbocycles. The number of allylic oxidation sites excluding steroid dienone is 3. The molecule has 1 heterocycles. The van der Waals surface area contributed by atoms with Gasteiger partial charge in [0, 0.05) is 12.1 Å². The zero-order valence-corrected chi connectivity index (χ0v) is 14.8. The predicted molar refractivity (Wildman–Crippen MR) is 109 cm³/mol. The van der Waals surface area contributed by atoms with E-state index in [1.54, 1.807) is 0 Å². The summed E-state index contributed by atoms with van der Waals surface area (Å²) < 4.78 is 0. The van der Waals surface area contributed by atoms with E-state index in [4.69, 9.17) is 0 Å². The van der Waals surface area contributed by atoms with E-state index in [1.807, 2.05) is 0 Å². The van der Waals surface area contributed by atoms with Crippen LogP contribution in [0.15, 0.2) is 77.4 Å². The van der Waals surface area contributed by atoms with Crippen LogP contribution in [0.5, 0.6) is 0 Å². The standard InChI is InChI=1S/C24H18N2O/c27-24-23-12-22-17(10-20(23)13-25-26-24)6-5-16-9-18-7-14-3-1-2-4-15(14)8-19(18)11-21(16)22/h1-4,6-9,11-12,25H,5,10,13H2,(H,26,27). The fourth-order valence-electron chi connectivity index (χ4n) is 4.57. The van der Waals surface area contributed by atoms with Crippen LogP contribution >= 0.6 is 0 Å². The van der Waals surface area contributed by atoms with Crippen LogP contribution in [-0.4, -0.2) is 12.5 Å². The highest BCUT2D eigenvalue weighted by Crippen LogP contribution is 2.41. The average Bonchev–Trinajstić information content (AvgIpc) is 2.70. The molecule has 27 heavy (non-hydrogen) atoms. The Morgan fingerprint density at radius 2 is 1.67 bits per heavy atom. The van der Waals surface area contributed by atoms with Crippen LogP contribution in [0.25, 0.3) is 27.1 Å². The van der Waals surface area contributed by atoms with E-state index < -0.39 is 0 Å². The molecule has 3 nitrogen and oxygen atoms in total. The number of nitrogens with one attached hydrogen (secondary N) is 2. The Labute approximate surface area is 157 Å². The second kappa shape index (κ2) is 5.41. The van der Waals surface area contributed by atoms with Crippen molar-refractivity contribution in [2.45, 2.75) is 12.8 Å². The lowest BCUT2D eigenvalue weighted by molar-refractivity contribution is -0.118. The molecule has 1 aliphatic heterocycles. The van der Waals surface area contributed by atoms with Crippen molar-refractivity contribution in [3.8, 4) is 0 Å². The van der Waals surface area contributed by atoms with E-state index in [0.717, 1.165) is 25.0 Å². The topological polar surface area (TPSA) is 41.1 Å². The SMILES string of the molecule is O=C1NNCC2=C1C=C1C(=CCc3cc4cc5ccccc5cc4cc31)C2. The molecule has 1 amide bonds. The number of rotatable bonds is 0. The van der Waals surface area contributed by atoms with Gasteiger partial charge in [-0.05, 0) is 86.5 Å². The highest BCUT2D eigenvalue weighted by atomic mass is 16.2. The summed E-state index contributed by atoms with van der Waals surface area (Å²) in [4.78, 5) is 12.3. The van der Waals surface area contributed by atoms with Gasteiger partial charge >= 0.3 is 0 Å². The third-order valence-corrected chi connectivity index (χ3v) is 5.95. The van der Waals surface area contributed by atoms with E-state index in [0.29, 0.717) is 0 Å². The molecule has 0 spiro atoms. The molecule has 3 aliphatic rings. The Kier molecular flexibility index (Phi) is 3.00. The Bertz CT molecular complexity index is 1260. The van der Waals surface area contributed by atoms with Gasteiger partial charge in [-0.25, -0.2) is 5.43 Å². The molecule has 0 aromatic heterocycles. The fourth-order valence-corrected chi connectivity index (χ4v) is 4.57. The molecule has 2 aliphatic carbocycles. The van der Waals surface area contributed by atoms with E-state index in [2.05, 4.69) is 71.5 Å². The van der Waals surface area contributed by atoms with Crippen molar-refractivity contribution >= 4 is 33.0 Å². The Morgan fingerprint density at radius 1 is 0.889 bits per heavy atom. The van der Waals surface area contributed by atoms with Gasteiger partial charge in [-0.1, -0.05) is 36.4 Å². The smallest absolute Gasteiger partial charge is 0.265 e. The Balaban J connectivity index is 1.58. The lowest BCUT2D eigenvalue weighted by Gasteiger charge is -2.30. The molecular formula is C24H18N2O. The Hall–Kier alpha value is -3.17. The lowest BCUT2D eigenvalue weighted by Crippen LogP contribution is -2.44. The zero-order chi connectivity index (χ0) is 18.0. The summed E-state index contributed by atoms with van der Waals surface area (Å²) in [5.74, 6) is -0.0262. The summed E-state index contributed by atoms with van der Waals surface area (Å²) >= 11 is 0. The number of fused-ring (bicyclic) bond motifs is 5. The van der Waals surface area contributed by atoms with E-state index in [1.165, 1.54) is 49.4 Å². The van der Waals surface area contributed by atoms with Crippen LogP contribution < -0.4 is 10.9 Å². The van der Waals surface area contributed by atoms with Crippen LogP contribution in [0.3, 0.4) is 0 Å². The van der Waals surface area contributed by atoms with Crippen molar-refractivity contribution in [3.63, 3.8) is 0 Å². The van der Waals surface area contributed by atoms with Crippen LogP contribution in [0, 0.1) is 0 Å². The maximum absolute atomic E-state index is 12.3. The summed E-state index contributed by atoms with van der Waals surface area (Å²) in [7, 11) is 0. The summed E-state index contributed by atoms with van der Waals surface area (Å²) in [6, 6.07) is 17.7. The van der Waals surface area contributed by atoms with Gasteiger partial charge in [0.2, 0.25) is 0 Å². The van der Waals surface area contributed by atoms with Gasteiger partial charge in [-0.3, -0.25) is 10.2 Å². The number of benzene rings is 3. The van der Waals surface area contributed by atoms with Gasteiger partial charge < -0.3 is 0 Å². The first kappa shape index (κ1) is 14.9. The predicted octanol–water partition coefficient (Wildman–Crippen LogP) is 4.19. The van der Waals surface area contributed by atoms with E-state index >= 15 is 0 Å². The van der Waals surface area contributed by atoms with Gasteiger partial charge in [-0.2, -0.15) is 0 Å². The third kappa shape index (κ3) is 2.22. The molecule has 3 aromatic rings. The molecule has 0 atom stereocenters. The molecular weight excluding hydrogens is 332 g/mol. The zero-order valence-electron chi connectivity index (χ0n) is 14.8. The number of hydrazine groups is 1. The Morgan fingerprint density at radius 3 is 2.48 bits per heavy atom. The van der Waals surface area contributed by atoms with Gasteiger partial charge in [0.05, 0.1) is 0 Å². The molecule has 0 saturated heterocycles. The minimum Gasteiger partial charge on any atom is -0.287 e. The largest absolute Gasteiger partial charge is 0.287 e. The second-order valence-corrected chi connectivity index (χ2v) is 7.55. The monoisotopic (exact) mass is 350 g/mol. The van der Waals surface area contributed by atoms with Crippen LogP contribution in [-0.2, 0) is 11.2 Å². The molecule has 3 heteroatoms. The molecule has 130 valence electrons. The van der Waals surface area contributed by atoms with Gasteiger partial charge in [0.1, 0.15) is 0 Å². The van der Waals surface area contributed by atoms with Crippen molar-refractivity contribution in [2.24, 2.45) is 0 Å². The second-order valence-electron chi connectivity index (χ2n) is 7.55. The molecule has 0 fully saturated rings. The molecule has 3 aromatic carbocycles. The fraction of sp³-hybridized carbons (Fsp3) is 0.125. The van der Waals surface area contributed by atoms with E-state index in [-0.39, 0.29) is 5.91 Å². The van der Waals surface area contributed by atoms with Crippen molar-refractivity contribution in [3.05, 3.63) is 88.5 Å². The number of carbonyl (C=O) groups excluding carboxylic acids is 1. The molecule has 0 bridgehead atoms. The van der Waals surface area contributed by atoms with Crippen LogP contribution in [0.1, 0.15) is 17.5 Å². The number of hydrogen-bond acceptors (Lipinski definition) is 2. The molecule has 2 N–H and O–H groups in total. The third-order valence-electron chi connectivity index (χ3n) is 5.95. The quantitative estimate of drug-likeness (QED) is 0.597. The average molecular weight is 350 g/mol. The van der Waals surface area contributed by atoms with Gasteiger partial charge in [0.15, 0.2) is 0 Å². The normalized spacial score (nSPS) is 18.4. The highest BCUT2D eigenvalue weighted by Gasteiger charge is 2.28. The molecule has 0 unspecified atom stereocenters. The summed E-state index contributed by atoms with van der Waals surface area (Å²) in [6.07, 6.45) is 6.23. The molecule has 6 rings (SSSR count). The number of carbonyl (C=O) groups is 1. The van der Waals surface area contributed by atoms with Gasteiger partial charge in [-0.15, -0.1) is 0 Å².